The Labute approximate surface area is 169 Å². The number of carbonyl (C=O) groups excluding carboxylic acids is 1. The number of hydrogen-bond acceptors (Lipinski definition) is 5. The van der Waals surface area contributed by atoms with Gasteiger partial charge in [-0.05, 0) is 36.8 Å². The van der Waals surface area contributed by atoms with Crippen LogP contribution in [0.15, 0.2) is 89.1 Å². The second-order valence-electron chi connectivity index (χ2n) is 6.24. The summed E-state index contributed by atoms with van der Waals surface area (Å²) in [5, 5.41) is 3.92. The van der Waals surface area contributed by atoms with Crippen LogP contribution in [-0.2, 0) is 14.8 Å². The van der Waals surface area contributed by atoms with Crippen LogP contribution in [0.2, 0.25) is 0 Å². The molecule has 29 heavy (non-hydrogen) atoms. The second kappa shape index (κ2) is 9.11. The molecule has 0 saturated heterocycles. The third-order valence-electron chi connectivity index (χ3n) is 4.00. The molecule has 2 aromatic carbocycles. The Hall–Kier alpha value is -3.52. The molecule has 0 atom stereocenters. The van der Waals surface area contributed by atoms with E-state index in [1.165, 1.54) is 30.7 Å². The molecular formula is C21H20N4O3S. The van der Waals surface area contributed by atoms with Crippen LogP contribution in [0.1, 0.15) is 11.1 Å². The molecule has 1 N–H and O–H groups in total. The SMILES string of the molecule is Cc1cccc(/C=N\NC(=O)CN(c2cccnc2)S(=O)(=O)c2ccccc2)c1. The van der Waals surface area contributed by atoms with Gasteiger partial charge in [-0.25, -0.2) is 13.8 Å². The van der Waals surface area contributed by atoms with Crippen LogP contribution in [0, 0.1) is 6.92 Å². The fourth-order valence-electron chi connectivity index (χ4n) is 2.63. The smallest absolute Gasteiger partial charge is 0.264 e. The number of benzene rings is 2. The third-order valence-corrected chi connectivity index (χ3v) is 5.79. The van der Waals surface area contributed by atoms with Gasteiger partial charge in [0.05, 0.1) is 23.0 Å². The number of hydrogen-bond donors (Lipinski definition) is 1. The van der Waals surface area contributed by atoms with E-state index >= 15 is 0 Å². The van der Waals surface area contributed by atoms with Gasteiger partial charge in [-0.15, -0.1) is 0 Å². The molecule has 0 spiro atoms. The fraction of sp³-hybridized carbons (Fsp3) is 0.0952. The van der Waals surface area contributed by atoms with Crippen LogP contribution in [0.3, 0.4) is 0 Å². The Bertz CT molecular complexity index is 1100. The lowest BCUT2D eigenvalue weighted by Crippen LogP contribution is -2.39. The number of anilines is 1. The van der Waals surface area contributed by atoms with E-state index in [0.717, 1.165) is 15.4 Å². The minimum Gasteiger partial charge on any atom is -0.271 e. The molecule has 0 saturated carbocycles. The van der Waals surface area contributed by atoms with Crippen molar-refractivity contribution in [3.63, 3.8) is 0 Å². The summed E-state index contributed by atoms with van der Waals surface area (Å²) in [5.74, 6) is -0.572. The molecule has 1 amide bonds. The molecule has 1 aromatic heterocycles. The predicted octanol–water partition coefficient (Wildman–Crippen LogP) is 2.74. The minimum absolute atomic E-state index is 0.0833. The van der Waals surface area contributed by atoms with E-state index in [9.17, 15) is 13.2 Å². The Kier molecular flexibility index (Phi) is 6.36. The van der Waals surface area contributed by atoms with Crippen LogP contribution in [-0.4, -0.2) is 32.1 Å². The number of nitrogens with zero attached hydrogens (tertiary/aromatic N) is 3. The van der Waals surface area contributed by atoms with Crippen LogP contribution >= 0.6 is 0 Å². The Morgan fingerprint density at radius 2 is 1.90 bits per heavy atom. The number of sulfonamides is 1. The first kappa shape index (κ1) is 20.2. The number of aryl methyl sites for hydroxylation is 1. The lowest BCUT2D eigenvalue weighted by atomic mass is 10.2. The molecule has 0 unspecified atom stereocenters. The van der Waals surface area contributed by atoms with Gasteiger partial charge in [-0.3, -0.25) is 14.1 Å². The van der Waals surface area contributed by atoms with Crippen molar-refractivity contribution in [2.75, 3.05) is 10.8 Å². The summed E-state index contributed by atoms with van der Waals surface area (Å²) in [6.07, 6.45) is 4.43. The van der Waals surface area contributed by atoms with Crippen molar-refractivity contribution < 1.29 is 13.2 Å². The maximum atomic E-state index is 13.1. The first-order valence-electron chi connectivity index (χ1n) is 8.83. The highest BCUT2D eigenvalue weighted by Gasteiger charge is 2.27. The number of nitrogens with one attached hydrogen (secondary N) is 1. The van der Waals surface area contributed by atoms with Crippen molar-refractivity contribution >= 4 is 27.8 Å². The molecule has 148 valence electrons. The fourth-order valence-corrected chi connectivity index (χ4v) is 4.06. The monoisotopic (exact) mass is 408 g/mol. The van der Waals surface area contributed by atoms with Crippen molar-refractivity contribution in [2.45, 2.75) is 11.8 Å². The quantitative estimate of drug-likeness (QED) is 0.481. The highest BCUT2D eigenvalue weighted by molar-refractivity contribution is 7.92. The molecule has 0 fully saturated rings. The summed E-state index contributed by atoms with van der Waals surface area (Å²) in [7, 11) is -3.95. The Morgan fingerprint density at radius 3 is 2.59 bits per heavy atom. The van der Waals surface area contributed by atoms with E-state index in [1.807, 2.05) is 31.2 Å². The van der Waals surface area contributed by atoms with E-state index in [0.29, 0.717) is 0 Å². The van der Waals surface area contributed by atoms with Gasteiger partial charge in [0.15, 0.2) is 0 Å². The van der Waals surface area contributed by atoms with Gasteiger partial charge in [0, 0.05) is 6.20 Å². The van der Waals surface area contributed by atoms with Gasteiger partial charge in [0.25, 0.3) is 15.9 Å². The average molecular weight is 408 g/mol. The number of hydrazone groups is 1. The summed E-state index contributed by atoms with van der Waals surface area (Å²) in [6.45, 7) is 1.52. The molecule has 3 rings (SSSR count). The summed E-state index contributed by atoms with van der Waals surface area (Å²) < 4.78 is 27.2. The van der Waals surface area contributed by atoms with Gasteiger partial charge in [-0.1, -0.05) is 48.0 Å². The van der Waals surface area contributed by atoms with Gasteiger partial charge >= 0.3 is 0 Å². The molecule has 0 radical (unpaired) electrons. The number of pyridine rings is 1. The molecule has 7 nitrogen and oxygen atoms in total. The largest absolute Gasteiger partial charge is 0.271 e. The van der Waals surface area contributed by atoms with Gasteiger partial charge in [0.2, 0.25) is 0 Å². The molecule has 0 aliphatic rings. The molecule has 0 bridgehead atoms. The number of aromatic nitrogens is 1. The molecule has 0 aliphatic carbocycles. The maximum absolute atomic E-state index is 13.1. The molecular weight excluding hydrogens is 388 g/mol. The van der Waals surface area contributed by atoms with Crippen molar-refractivity contribution in [2.24, 2.45) is 5.10 Å². The topological polar surface area (TPSA) is 91.7 Å². The summed E-state index contributed by atoms with van der Waals surface area (Å²) in [5.41, 5.74) is 4.56. The Morgan fingerprint density at radius 1 is 1.10 bits per heavy atom. The van der Waals surface area contributed by atoms with Gasteiger partial charge < -0.3 is 0 Å². The van der Waals surface area contributed by atoms with Crippen molar-refractivity contribution in [3.8, 4) is 0 Å². The summed E-state index contributed by atoms with van der Waals surface area (Å²) in [4.78, 5) is 16.5. The lowest BCUT2D eigenvalue weighted by molar-refractivity contribution is -0.119. The normalized spacial score (nSPS) is 11.3. The number of rotatable bonds is 7. The zero-order valence-corrected chi connectivity index (χ0v) is 16.6. The number of amides is 1. The minimum atomic E-state index is -3.95. The van der Waals surface area contributed by atoms with Gasteiger partial charge in [-0.2, -0.15) is 5.10 Å². The molecule has 1 heterocycles. The summed E-state index contributed by atoms with van der Waals surface area (Å²) >= 11 is 0. The first-order valence-corrected chi connectivity index (χ1v) is 10.3. The highest BCUT2D eigenvalue weighted by atomic mass is 32.2. The van der Waals surface area contributed by atoms with Gasteiger partial charge in [0.1, 0.15) is 6.54 Å². The van der Waals surface area contributed by atoms with Crippen molar-refractivity contribution in [1.29, 1.82) is 0 Å². The average Bonchev–Trinajstić information content (AvgIpc) is 2.73. The van der Waals surface area contributed by atoms with Crippen LogP contribution in [0.25, 0.3) is 0 Å². The van der Waals surface area contributed by atoms with E-state index in [2.05, 4.69) is 15.5 Å². The highest BCUT2D eigenvalue weighted by Crippen LogP contribution is 2.22. The van der Waals surface area contributed by atoms with Crippen LogP contribution in [0.5, 0.6) is 0 Å². The molecule has 8 heteroatoms. The number of carbonyl (C=O) groups is 1. The third kappa shape index (κ3) is 5.26. The Balaban J connectivity index is 1.79. The van der Waals surface area contributed by atoms with E-state index in [-0.39, 0.29) is 10.6 Å². The lowest BCUT2D eigenvalue weighted by Gasteiger charge is -2.23. The van der Waals surface area contributed by atoms with Crippen LogP contribution < -0.4 is 9.73 Å². The zero-order chi connectivity index (χ0) is 20.7. The van der Waals surface area contributed by atoms with E-state index in [1.54, 1.807) is 30.3 Å². The zero-order valence-electron chi connectivity index (χ0n) is 15.8. The summed E-state index contributed by atoms with van der Waals surface area (Å²) in [6, 6.07) is 18.7. The maximum Gasteiger partial charge on any atom is 0.264 e. The molecule has 3 aromatic rings. The predicted molar refractivity (Wildman–Crippen MR) is 112 cm³/mol. The van der Waals surface area contributed by atoms with Crippen LogP contribution in [0.4, 0.5) is 5.69 Å². The van der Waals surface area contributed by atoms with Crippen molar-refractivity contribution in [3.05, 3.63) is 90.3 Å². The molecule has 0 aliphatic heterocycles. The second-order valence-corrected chi connectivity index (χ2v) is 8.11. The van der Waals surface area contributed by atoms with E-state index in [4.69, 9.17) is 0 Å². The standard InChI is InChI=1S/C21H20N4O3S/c1-17-7-5-8-18(13-17)14-23-24-21(26)16-25(19-9-6-12-22-15-19)29(27,28)20-10-3-2-4-11-20/h2-15H,16H2,1H3,(H,24,26)/b23-14-. The first-order chi connectivity index (χ1) is 14.0. The van der Waals surface area contributed by atoms with E-state index < -0.39 is 22.5 Å². The van der Waals surface area contributed by atoms with Crippen molar-refractivity contribution in [1.82, 2.24) is 10.4 Å².